The summed E-state index contributed by atoms with van der Waals surface area (Å²) in [5, 5.41) is 12.1. The van der Waals surface area contributed by atoms with Crippen molar-refractivity contribution >= 4 is 65.0 Å². The second kappa shape index (κ2) is 11.8. The summed E-state index contributed by atoms with van der Waals surface area (Å²) in [6.45, 7) is 0. The second-order valence-electron chi connectivity index (χ2n) is 13.9. The molecule has 0 saturated carbocycles. The first kappa shape index (κ1) is 29.7. The molecule has 0 fully saturated rings. The van der Waals surface area contributed by atoms with Crippen molar-refractivity contribution in [2.24, 2.45) is 0 Å². The van der Waals surface area contributed by atoms with Gasteiger partial charge in [-0.05, 0) is 107 Å². The molecule has 0 atom stereocenters. The summed E-state index contributed by atoms with van der Waals surface area (Å²) in [7, 11) is 0. The normalized spacial score (nSPS) is 11.8. The van der Waals surface area contributed by atoms with Crippen LogP contribution in [0.15, 0.2) is 193 Å². The minimum absolute atomic E-state index is 0.820. The van der Waals surface area contributed by atoms with Crippen LogP contribution < -0.4 is 0 Å². The third-order valence-electron chi connectivity index (χ3n) is 10.9. The zero-order chi connectivity index (χ0) is 34.9. The zero-order valence-corrected chi connectivity index (χ0v) is 28.8. The van der Waals surface area contributed by atoms with Crippen molar-refractivity contribution in [3.63, 3.8) is 0 Å². The Bertz CT molecular complexity index is 3220. The molecule has 2 heteroatoms. The van der Waals surface area contributed by atoms with Crippen molar-refractivity contribution in [2.45, 2.75) is 0 Å². The quantitative estimate of drug-likeness (QED) is 0.174. The summed E-state index contributed by atoms with van der Waals surface area (Å²) in [5.74, 6) is 0. The molecule has 0 saturated heterocycles. The molecule has 2 aromatic heterocycles. The Morgan fingerprint density at radius 2 is 0.830 bits per heavy atom. The van der Waals surface area contributed by atoms with Gasteiger partial charge in [0, 0.05) is 22.5 Å². The van der Waals surface area contributed by atoms with E-state index in [0.717, 1.165) is 38.8 Å². The number of rotatable bonds is 4. The van der Waals surface area contributed by atoms with Gasteiger partial charge in [-0.15, -0.1) is 0 Å². The maximum absolute atomic E-state index is 6.33. The topological polar surface area (TPSA) is 26.0 Å². The Kier molecular flexibility index (Phi) is 6.59. The number of furan rings is 1. The Labute approximate surface area is 306 Å². The molecule has 2 heterocycles. The van der Waals surface area contributed by atoms with Gasteiger partial charge in [-0.1, -0.05) is 152 Å². The summed E-state index contributed by atoms with van der Waals surface area (Å²) in [5.41, 5.74) is 10.9. The average Bonchev–Trinajstić information content (AvgIpc) is 3.61. The monoisotopic (exact) mass is 673 g/mol. The van der Waals surface area contributed by atoms with Crippen molar-refractivity contribution in [3.05, 3.63) is 188 Å². The van der Waals surface area contributed by atoms with E-state index < -0.39 is 0 Å². The van der Waals surface area contributed by atoms with Gasteiger partial charge < -0.3 is 4.42 Å². The van der Waals surface area contributed by atoms with Crippen LogP contribution in [0.3, 0.4) is 0 Å². The lowest BCUT2D eigenvalue weighted by Gasteiger charge is -2.19. The first-order valence-corrected chi connectivity index (χ1v) is 18.1. The fraction of sp³-hybridized carbons (Fsp3) is 0. The lowest BCUT2D eigenvalue weighted by Crippen LogP contribution is -1.92. The van der Waals surface area contributed by atoms with Crippen LogP contribution in [0, 0.1) is 0 Å². The maximum Gasteiger partial charge on any atom is 0.161 e. The van der Waals surface area contributed by atoms with E-state index in [0.29, 0.717) is 0 Å². The number of fused-ring (bicyclic) bond motifs is 7. The van der Waals surface area contributed by atoms with Crippen molar-refractivity contribution in [1.29, 1.82) is 0 Å². The zero-order valence-electron chi connectivity index (χ0n) is 28.8. The SMILES string of the molecule is c1ccc2cc(-c3c4ccccc4c(-c4ccc5ccccc5c4)c4cc(-c5ccc(-c6nccc7c6oc6ccccc67)cc5)ccc34)ccc2c1. The number of hydrogen-bond acceptors (Lipinski definition) is 2. The Morgan fingerprint density at radius 3 is 1.51 bits per heavy atom. The van der Waals surface area contributed by atoms with Gasteiger partial charge in [-0.3, -0.25) is 4.98 Å². The standard InChI is InChI=1S/C51H31NO/c1-3-11-36-29-39(23-19-32(36)9-1)48-42-14-5-6-15-43(42)49(40-24-20-33-10-2-4-12-37(33)30-40)46-31-38(25-26-44(46)48)34-17-21-35(22-18-34)50-51-45(27-28-52-50)41-13-7-8-16-47(41)53-51/h1-31H. The van der Waals surface area contributed by atoms with Crippen molar-refractivity contribution < 1.29 is 4.42 Å². The predicted octanol–water partition coefficient (Wildman–Crippen LogP) is 14.3. The second-order valence-corrected chi connectivity index (χ2v) is 13.9. The van der Waals surface area contributed by atoms with Gasteiger partial charge in [0.15, 0.2) is 5.58 Å². The third-order valence-corrected chi connectivity index (χ3v) is 10.9. The van der Waals surface area contributed by atoms with Crippen molar-refractivity contribution in [2.75, 3.05) is 0 Å². The van der Waals surface area contributed by atoms with Crippen LogP contribution in [-0.4, -0.2) is 4.98 Å². The lowest BCUT2D eigenvalue weighted by molar-refractivity contribution is 0.668. The molecule has 0 bridgehead atoms. The predicted molar refractivity (Wildman–Crippen MR) is 223 cm³/mol. The first-order chi connectivity index (χ1) is 26.3. The minimum atomic E-state index is 0.820. The summed E-state index contributed by atoms with van der Waals surface area (Å²) in [6.07, 6.45) is 1.88. The number of para-hydroxylation sites is 1. The molecule has 0 aliphatic carbocycles. The highest BCUT2D eigenvalue weighted by Gasteiger charge is 2.19. The third kappa shape index (κ3) is 4.77. The molecule has 0 amide bonds. The maximum atomic E-state index is 6.33. The van der Waals surface area contributed by atoms with Gasteiger partial charge in [0.25, 0.3) is 0 Å². The van der Waals surface area contributed by atoms with Gasteiger partial charge in [0.05, 0.1) is 0 Å². The molecule has 9 aromatic carbocycles. The van der Waals surface area contributed by atoms with E-state index in [1.807, 2.05) is 24.4 Å². The van der Waals surface area contributed by atoms with E-state index in [-0.39, 0.29) is 0 Å². The Hall–Kier alpha value is -7.03. The molecule has 0 aliphatic heterocycles. The molecular formula is C51H31NO. The summed E-state index contributed by atoms with van der Waals surface area (Å²) >= 11 is 0. The van der Waals surface area contributed by atoms with E-state index in [9.17, 15) is 0 Å². The number of benzene rings is 9. The smallest absolute Gasteiger partial charge is 0.161 e. The molecule has 0 unspecified atom stereocenters. The first-order valence-electron chi connectivity index (χ1n) is 18.1. The van der Waals surface area contributed by atoms with Crippen molar-refractivity contribution in [1.82, 2.24) is 4.98 Å². The van der Waals surface area contributed by atoms with Crippen LogP contribution in [0.2, 0.25) is 0 Å². The molecule has 11 aromatic rings. The van der Waals surface area contributed by atoms with Crippen LogP contribution in [0.5, 0.6) is 0 Å². The number of pyridine rings is 1. The van der Waals surface area contributed by atoms with Crippen LogP contribution in [0.4, 0.5) is 0 Å². The number of nitrogens with zero attached hydrogens (tertiary/aromatic N) is 1. The van der Waals surface area contributed by atoms with E-state index in [2.05, 4.69) is 164 Å². The fourth-order valence-corrected chi connectivity index (χ4v) is 8.35. The molecular weight excluding hydrogens is 643 g/mol. The molecule has 0 N–H and O–H groups in total. The minimum Gasteiger partial charge on any atom is -0.454 e. The molecule has 53 heavy (non-hydrogen) atoms. The lowest BCUT2D eigenvalue weighted by atomic mass is 9.84. The molecule has 0 spiro atoms. The highest BCUT2D eigenvalue weighted by molar-refractivity contribution is 6.22. The number of hydrogen-bond donors (Lipinski definition) is 0. The molecule has 0 aliphatic rings. The van der Waals surface area contributed by atoms with E-state index in [1.165, 1.54) is 70.9 Å². The van der Waals surface area contributed by atoms with Gasteiger partial charge in [-0.2, -0.15) is 0 Å². The number of aromatic nitrogens is 1. The van der Waals surface area contributed by atoms with Crippen LogP contribution in [-0.2, 0) is 0 Å². The summed E-state index contributed by atoms with van der Waals surface area (Å²) in [6, 6.07) is 65.9. The van der Waals surface area contributed by atoms with E-state index >= 15 is 0 Å². The van der Waals surface area contributed by atoms with E-state index in [1.54, 1.807) is 0 Å². The highest BCUT2D eigenvalue weighted by atomic mass is 16.3. The Balaban J connectivity index is 1.13. The molecule has 246 valence electrons. The van der Waals surface area contributed by atoms with E-state index in [4.69, 9.17) is 9.40 Å². The summed E-state index contributed by atoms with van der Waals surface area (Å²) < 4.78 is 6.33. The molecule has 2 nitrogen and oxygen atoms in total. The van der Waals surface area contributed by atoms with Crippen molar-refractivity contribution in [3.8, 4) is 44.6 Å². The van der Waals surface area contributed by atoms with Gasteiger partial charge in [0.1, 0.15) is 11.3 Å². The highest BCUT2D eigenvalue weighted by Crippen LogP contribution is 2.46. The van der Waals surface area contributed by atoms with Crippen LogP contribution in [0.1, 0.15) is 0 Å². The summed E-state index contributed by atoms with van der Waals surface area (Å²) in [4.78, 5) is 4.78. The fourth-order valence-electron chi connectivity index (χ4n) is 8.35. The van der Waals surface area contributed by atoms with Gasteiger partial charge >= 0.3 is 0 Å². The largest absolute Gasteiger partial charge is 0.454 e. The van der Waals surface area contributed by atoms with Gasteiger partial charge in [-0.25, -0.2) is 0 Å². The molecule has 11 rings (SSSR count). The average molecular weight is 674 g/mol. The van der Waals surface area contributed by atoms with Gasteiger partial charge in [0.2, 0.25) is 0 Å². The molecule has 0 radical (unpaired) electrons. The van der Waals surface area contributed by atoms with Crippen LogP contribution in [0.25, 0.3) is 110 Å². The van der Waals surface area contributed by atoms with Crippen LogP contribution >= 0.6 is 0 Å². The Morgan fingerprint density at radius 1 is 0.321 bits per heavy atom.